The molecular formula is C26H25N5O3. The summed E-state index contributed by atoms with van der Waals surface area (Å²) < 4.78 is 13.4. The Morgan fingerprint density at radius 1 is 1.03 bits per heavy atom. The number of amides is 1. The predicted octanol–water partition coefficient (Wildman–Crippen LogP) is 4.72. The molecule has 34 heavy (non-hydrogen) atoms. The Hall–Kier alpha value is -4.59. The van der Waals surface area contributed by atoms with Crippen molar-refractivity contribution >= 4 is 17.8 Å². The van der Waals surface area contributed by atoms with Crippen LogP contribution >= 0.6 is 0 Å². The molecule has 172 valence electrons. The smallest absolute Gasteiger partial charge is 0.271 e. The first-order valence-corrected chi connectivity index (χ1v) is 10.8. The molecule has 8 heteroatoms. The van der Waals surface area contributed by atoms with Crippen molar-refractivity contribution in [2.75, 3.05) is 12.3 Å². The minimum atomic E-state index is -0.349. The molecule has 0 aliphatic rings. The molecule has 1 amide bonds. The Balaban J connectivity index is 1.63. The standard InChI is InChI=1S/C26H25N5O3/c1-3-33-22-13-15-23(16-14-22)34-26-24(18(2)30-31(26)21-7-5-4-6-8-21)17-28-29-25(32)19-9-11-20(27)12-10-19/h4-17H,3,27H2,1-2H3,(H,29,32)/b28-17+. The summed E-state index contributed by atoms with van der Waals surface area (Å²) in [5.74, 6) is 1.49. The molecule has 1 aromatic heterocycles. The summed E-state index contributed by atoms with van der Waals surface area (Å²) in [6.45, 7) is 4.37. The van der Waals surface area contributed by atoms with E-state index in [0.717, 1.165) is 11.4 Å². The van der Waals surface area contributed by atoms with E-state index in [9.17, 15) is 4.79 Å². The molecule has 0 aliphatic carbocycles. The average molecular weight is 456 g/mol. The maximum absolute atomic E-state index is 12.4. The van der Waals surface area contributed by atoms with Crippen LogP contribution in [-0.4, -0.2) is 28.5 Å². The minimum Gasteiger partial charge on any atom is -0.494 e. The molecule has 1 heterocycles. The van der Waals surface area contributed by atoms with Gasteiger partial charge in [0.25, 0.3) is 5.91 Å². The predicted molar refractivity (Wildman–Crippen MR) is 132 cm³/mol. The zero-order chi connectivity index (χ0) is 23.9. The average Bonchev–Trinajstić information content (AvgIpc) is 3.16. The van der Waals surface area contributed by atoms with E-state index in [1.165, 1.54) is 6.21 Å². The summed E-state index contributed by atoms with van der Waals surface area (Å²) in [5, 5.41) is 8.78. The van der Waals surface area contributed by atoms with Gasteiger partial charge in [0.05, 0.1) is 29.8 Å². The van der Waals surface area contributed by atoms with Crippen molar-refractivity contribution in [2.45, 2.75) is 13.8 Å². The number of carbonyl (C=O) groups excluding carboxylic acids is 1. The van der Waals surface area contributed by atoms with Crippen LogP contribution in [-0.2, 0) is 0 Å². The highest BCUT2D eigenvalue weighted by molar-refractivity contribution is 5.95. The number of benzene rings is 3. The van der Waals surface area contributed by atoms with E-state index in [1.807, 2.05) is 68.4 Å². The number of nitrogen functional groups attached to an aromatic ring is 1. The Morgan fingerprint density at radius 2 is 1.71 bits per heavy atom. The topological polar surface area (TPSA) is 104 Å². The second-order valence-corrected chi connectivity index (χ2v) is 7.38. The number of nitrogens with two attached hydrogens (primary N) is 1. The Bertz CT molecular complexity index is 1280. The lowest BCUT2D eigenvalue weighted by molar-refractivity contribution is 0.0955. The van der Waals surface area contributed by atoms with Gasteiger partial charge >= 0.3 is 0 Å². The van der Waals surface area contributed by atoms with E-state index in [1.54, 1.807) is 28.9 Å². The van der Waals surface area contributed by atoms with Gasteiger partial charge in [0, 0.05) is 11.3 Å². The van der Waals surface area contributed by atoms with Gasteiger partial charge in [0.15, 0.2) is 0 Å². The van der Waals surface area contributed by atoms with E-state index in [2.05, 4.69) is 15.6 Å². The van der Waals surface area contributed by atoms with Crippen LogP contribution in [0.3, 0.4) is 0 Å². The van der Waals surface area contributed by atoms with Gasteiger partial charge in [-0.2, -0.15) is 14.9 Å². The normalized spacial score (nSPS) is 10.9. The molecule has 3 aromatic carbocycles. The number of aryl methyl sites for hydroxylation is 1. The zero-order valence-corrected chi connectivity index (χ0v) is 18.9. The zero-order valence-electron chi connectivity index (χ0n) is 18.9. The fraction of sp³-hybridized carbons (Fsp3) is 0.115. The lowest BCUT2D eigenvalue weighted by Gasteiger charge is -2.11. The molecule has 0 radical (unpaired) electrons. The maximum Gasteiger partial charge on any atom is 0.271 e. The summed E-state index contributed by atoms with van der Waals surface area (Å²) >= 11 is 0. The fourth-order valence-corrected chi connectivity index (χ4v) is 3.25. The van der Waals surface area contributed by atoms with E-state index in [4.69, 9.17) is 15.2 Å². The summed E-state index contributed by atoms with van der Waals surface area (Å²) in [6.07, 6.45) is 1.53. The highest BCUT2D eigenvalue weighted by Gasteiger charge is 2.18. The van der Waals surface area contributed by atoms with Crippen LogP contribution in [0.5, 0.6) is 17.4 Å². The Kier molecular flexibility index (Phi) is 6.88. The van der Waals surface area contributed by atoms with Gasteiger partial charge in [-0.25, -0.2) is 5.43 Å². The van der Waals surface area contributed by atoms with Crippen LogP contribution in [0.4, 0.5) is 5.69 Å². The lowest BCUT2D eigenvalue weighted by Crippen LogP contribution is -2.17. The summed E-state index contributed by atoms with van der Waals surface area (Å²) in [5.41, 5.74) is 11.4. The van der Waals surface area contributed by atoms with E-state index in [-0.39, 0.29) is 5.91 Å². The number of nitrogens with one attached hydrogen (secondary N) is 1. The maximum atomic E-state index is 12.4. The first-order chi connectivity index (χ1) is 16.5. The molecule has 0 saturated carbocycles. The third-order valence-corrected chi connectivity index (χ3v) is 4.95. The van der Waals surface area contributed by atoms with Crippen molar-refractivity contribution in [1.29, 1.82) is 0 Å². The number of carbonyl (C=O) groups is 1. The molecule has 3 N–H and O–H groups in total. The lowest BCUT2D eigenvalue weighted by atomic mass is 10.2. The van der Waals surface area contributed by atoms with Gasteiger partial charge in [0.2, 0.25) is 5.88 Å². The monoisotopic (exact) mass is 455 g/mol. The number of anilines is 1. The van der Waals surface area contributed by atoms with Crippen LogP contribution < -0.4 is 20.6 Å². The number of hydrogen-bond acceptors (Lipinski definition) is 6. The molecule has 0 bridgehead atoms. The molecule has 0 spiro atoms. The van der Waals surface area contributed by atoms with Gasteiger partial charge in [-0.15, -0.1) is 0 Å². The van der Waals surface area contributed by atoms with Crippen molar-refractivity contribution in [2.24, 2.45) is 5.10 Å². The molecule has 8 nitrogen and oxygen atoms in total. The van der Waals surface area contributed by atoms with Gasteiger partial charge in [-0.05, 0) is 74.5 Å². The number of para-hydroxylation sites is 1. The van der Waals surface area contributed by atoms with Crippen molar-refractivity contribution in [1.82, 2.24) is 15.2 Å². The van der Waals surface area contributed by atoms with Gasteiger partial charge in [-0.3, -0.25) is 4.79 Å². The number of hydrazone groups is 1. The molecule has 0 saturated heterocycles. The molecule has 0 atom stereocenters. The number of nitrogens with zero attached hydrogens (tertiary/aromatic N) is 3. The molecule has 0 aliphatic heterocycles. The largest absolute Gasteiger partial charge is 0.494 e. The number of hydrogen-bond donors (Lipinski definition) is 2. The molecular weight excluding hydrogens is 430 g/mol. The summed E-state index contributed by atoms with van der Waals surface area (Å²) in [7, 11) is 0. The highest BCUT2D eigenvalue weighted by atomic mass is 16.5. The van der Waals surface area contributed by atoms with E-state index >= 15 is 0 Å². The molecule has 0 fully saturated rings. The highest BCUT2D eigenvalue weighted by Crippen LogP contribution is 2.30. The molecule has 4 rings (SSSR count). The number of rotatable bonds is 8. The van der Waals surface area contributed by atoms with Gasteiger partial charge in [-0.1, -0.05) is 18.2 Å². The second kappa shape index (κ2) is 10.4. The first kappa shape index (κ1) is 22.6. The quantitative estimate of drug-likeness (QED) is 0.227. The number of ether oxygens (including phenoxy) is 2. The van der Waals surface area contributed by atoms with Crippen molar-refractivity contribution in [3.8, 4) is 23.1 Å². The second-order valence-electron chi connectivity index (χ2n) is 7.38. The fourth-order valence-electron chi connectivity index (χ4n) is 3.25. The van der Waals surface area contributed by atoms with Crippen LogP contribution in [0.2, 0.25) is 0 Å². The Morgan fingerprint density at radius 3 is 2.38 bits per heavy atom. The summed E-state index contributed by atoms with van der Waals surface area (Å²) in [6, 6.07) is 23.6. The SMILES string of the molecule is CCOc1ccc(Oc2c(/C=N/NC(=O)c3ccc(N)cc3)c(C)nn2-c2ccccc2)cc1. The van der Waals surface area contributed by atoms with Gasteiger partial charge in [0.1, 0.15) is 11.5 Å². The van der Waals surface area contributed by atoms with Crippen LogP contribution in [0, 0.1) is 6.92 Å². The molecule has 0 unspecified atom stereocenters. The molecule has 4 aromatic rings. The van der Waals surface area contributed by atoms with E-state index in [0.29, 0.717) is 40.7 Å². The van der Waals surface area contributed by atoms with Crippen molar-refractivity contribution < 1.29 is 14.3 Å². The first-order valence-electron chi connectivity index (χ1n) is 10.8. The Labute approximate surface area is 197 Å². The minimum absolute atomic E-state index is 0.349. The van der Waals surface area contributed by atoms with Crippen LogP contribution in [0.25, 0.3) is 5.69 Å². The third kappa shape index (κ3) is 5.24. The van der Waals surface area contributed by atoms with Crippen molar-refractivity contribution in [3.63, 3.8) is 0 Å². The number of aromatic nitrogens is 2. The van der Waals surface area contributed by atoms with Gasteiger partial charge < -0.3 is 15.2 Å². The van der Waals surface area contributed by atoms with Crippen molar-refractivity contribution in [3.05, 3.63) is 95.7 Å². The third-order valence-electron chi connectivity index (χ3n) is 4.95. The van der Waals surface area contributed by atoms with E-state index < -0.39 is 0 Å². The summed E-state index contributed by atoms with van der Waals surface area (Å²) in [4.78, 5) is 12.4. The van der Waals surface area contributed by atoms with Crippen LogP contribution in [0.15, 0.2) is 84.0 Å². The van der Waals surface area contributed by atoms with Crippen LogP contribution in [0.1, 0.15) is 28.5 Å².